The average molecular weight is 403 g/mol. The van der Waals surface area contributed by atoms with E-state index in [2.05, 4.69) is 10.6 Å². The van der Waals surface area contributed by atoms with E-state index in [0.29, 0.717) is 25.9 Å². The van der Waals surface area contributed by atoms with Crippen molar-refractivity contribution in [2.45, 2.75) is 76.8 Å². The largest absolute Gasteiger partial charge is 0.354 e. The Morgan fingerprint density at radius 2 is 1.78 bits per heavy atom. The normalized spacial score (nSPS) is 21.3. The standard InChI is InChI=1S/C19H34N4O3.ClH/c1-14(22-19(26)15-6-2-3-7-15)12-18(25)23-11-5-4-8-16(23)13-21-17(24)9-10-20;/h14-16H,2-13,20H2,1H3,(H,21,24)(H,22,26);1H. The molecular formula is C19H35ClN4O3. The third kappa shape index (κ3) is 7.66. The van der Waals surface area contributed by atoms with Gasteiger partial charge in [0.15, 0.2) is 0 Å². The number of likely N-dealkylation sites (tertiary alicyclic amines) is 1. The molecule has 1 heterocycles. The minimum Gasteiger partial charge on any atom is -0.354 e. The lowest BCUT2D eigenvalue weighted by molar-refractivity contribution is -0.136. The molecule has 0 radical (unpaired) electrons. The summed E-state index contributed by atoms with van der Waals surface area (Å²) in [6.07, 6.45) is 7.74. The van der Waals surface area contributed by atoms with Crippen LogP contribution in [0.4, 0.5) is 0 Å². The second kappa shape index (κ2) is 12.2. The molecule has 1 saturated carbocycles. The molecule has 2 aliphatic rings. The molecule has 156 valence electrons. The van der Waals surface area contributed by atoms with E-state index in [1.807, 2.05) is 11.8 Å². The maximum Gasteiger partial charge on any atom is 0.224 e. The van der Waals surface area contributed by atoms with Crippen LogP contribution in [-0.2, 0) is 14.4 Å². The predicted molar refractivity (Wildman–Crippen MR) is 107 cm³/mol. The summed E-state index contributed by atoms with van der Waals surface area (Å²) in [5.41, 5.74) is 5.39. The van der Waals surface area contributed by atoms with Gasteiger partial charge >= 0.3 is 0 Å². The first-order chi connectivity index (χ1) is 12.5. The molecule has 1 aliphatic heterocycles. The molecule has 2 rings (SSSR count). The molecule has 0 aromatic carbocycles. The lowest BCUT2D eigenvalue weighted by Gasteiger charge is -2.36. The first-order valence-corrected chi connectivity index (χ1v) is 10.1. The highest BCUT2D eigenvalue weighted by Crippen LogP contribution is 2.25. The Kier molecular flexibility index (Phi) is 10.7. The summed E-state index contributed by atoms with van der Waals surface area (Å²) in [7, 11) is 0. The van der Waals surface area contributed by atoms with E-state index < -0.39 is 0 Å². The zero-order valence-corrected chi connectivity index (χ0v) is 17.2. The van der Waals surface area contributed by atoms with Gasteiger partial charge in [0.2, 0.25) is 17.7 Å². The Morgan fingerprint density at radius 3 is 2.44 bits per heavy atom. The van der Waals surface area contributed by atoms with E-state index in [4.69, 9.17) is 5.73 Å². The molecule has 7 nitrogen and oxygen atoms in total. The van der Waals surface area contributed by atoms with Crippen LogP contribution in [-0.4, -0.2) is 54.3 Å². The van der Waals surface area contributed by atoms with E-state index in [0.717, 1.165) is 51.5 Å². The Labute approximate surface area is 168 Å². The summed E-state index contributed by atoms with van der Waals surface area (Å²) >= 11 is 0. The maximum absolute atomic E-state index is 12.7. The number of nitrogens with two attached hydrogens (primary N) is 1. The van der Waals surface area contributed by atoms with Crippen LogP contribution in [0.25, 0.3) is 0 Å². The Balaban J connectivity index is 0.00000364. The number of carbonyl (C=O) groups excluding carboxylic acids is 3. The average Bonchev–Trinajstić information content (AvgIpc) is 3.15. The first kappa shape index (κ1) is 23.7. The zero-order valence-electron chi connectivity index (χ0n) is 16.4. The maximum atomic E-state index is 12.7. The number of hydrogen-bond acceptors (Lipinski definition) is 4. The topological polar surface area (TPSA) is 105 Å². The minimum atomic E-state index is -0.162. The summed E-state index contributed by atoms with van der Waals surface area (Å²) in [4.78, 5) is 38.5. The molecule has 3 amide bonds. The molecule has 1 aliphatic carbocycles. The molecular weight excluding hydrogens is 368 g/mol. The van der Waals surface area contributed by atoms with Gasteiger partial charge in [-0.05, 0) is 39.0 Å². The number of amides is 3. The molecule has 2 unspecified atom stereocenters. The molecule has 2 fully saturated rings. The van der Waals surface area contributed by atoms with Crippen LogP contribution in [0.5, 0.6) is 0 Å². The Hall–Kier alpha value is -1.34. The molecule has 0 aromatic heterocycles. The Bertz CT molecular complexity index is 497. The van der Waals surface area contributed by atoms with Crippen molar-refractivity contribution in [2.24, 2.45) is 11.7 Å². The van der Waals surface area contributed by atoms with Gasteiger partial charge < -0.3 is 21.3 Å². The number of piperidine rings is 1. The SMILES string of the molecule is CC(CC(=O)N1CCCCC1CNC(=O)CCN)NC(=O)C1CCCC1.Cl. The highest BCUT2D eigenvalue weighted by atomic mass is 35.5. The van der Waals surface area contributed by atoms with Gasteiger partial charge in [-0.2, -0.15) is 0 Å². The molecule has 2 atom stereocenters. The van der Waals surface area contributed by atoms with Crippen LogP contribution in [0.2, 0.25) is 0 Å². The van der Waals surface area contributed by atoms with Crippen molar-refractivity contribution < 1.29 is 14.4 Å². The van der Waals surface area contributed by atoms with Crippen molar-refractivity contribution in [1.82, 2.24) is 15.5 Å². The molecule has 0 aromatic rings. The van der Waals surface area contributed by atoms with Gasteiger partial charge in [-0.3, -0.25) is 14.4 Å². The molecule has 0 bridgehead atoms. The summed E-state index contributed by atoms with van der Waals surface area (Å²) in [6.45, 7) is 3.43. The third-order valence-corrected chi connectivity index (χ3v) is 5.45. The fraction of sp³-hybridized carbons (Fsp3) is 0.842. The quantitative estimate of drug-likeness (QED) is 0.569. The predicted octanol–water partition coefficient (Wildman–Crippen LogP) is 1.34. The third-order valence-electron chi connectivity index (χ3n) is 5.45. The van der Waals surface area contributed by atoms with Gasteiger partial charge in [-0.1, -0.05) is 12.8 Å². The monoisotopic (exact) mass is 402 g/mol. The lowest BCUT2D eigenvalue weighted by atomic mass is 10.0. The summed E-state index contributed by atoms with van der Waals surface area (Å²) in [5, 5.41) is 5.88. The fourth-order valence-electron chi connectivity index (χ4n) is 3.97. The van der Waals surface area contributed by atoms with E-state index in [-0.39, 0.29) is 48.1 Å². The van der Waals surface area contributed by atoms with Crippen molar-refractivity contribution >= 4 is 30.1 Å². The fourth-order valence-corrected chi connectivity index (χ4v) is 3.97. The van der Waals surface area contributed by atoms with Gasteiger partial charge in [0.1, 0.15) is 0 Å². The van der Waals surface area contributed by atoms with Gasteiger partial charge in [0.05, 0.1) is 0 Å². The van der Waals surface area contributed by atoms with Crippen molar-refractivity contribution in [3.8, 4) is 0 Å². The number of rotatable bonds is 8. The van der Waals surface area contributed by atoms with Crippen LogP contribution < -0.4 is 16.4 Å². The number of hydrogen-bond donors (Lipinski definition) is 3. The van der Waals surface area contributed by atoms with Crippen molar-refractivity contribution in [3.63, 3.8) is 0 Å². The highest BCUT2D eigenvalue weighted by molar-refractivity contribution is 5.85. The van der Waals surface area contributed by atoms with Crippen LogP contribution in [0.15, 0.2) is 0 Å². The second-order valence-electron chi connectivity index (χ2n) is 7.67. The molecule has 0 spiro atoms. The smallest absolute Gasteiger partial charge is 0.224 e. The number of nitrogens with zero attached hydrogens (tertiary/aromatic N) is 1. The summed E-state index contributed by atoms with van der Waals surface area (Å²) < 4.78 is 0. The zero-order chi connectivity index (χ0) is 18.9. The van der Waals surface area contributed by atoms with Crippen molar-refractivity contribution in [3.05, 3.63) is 0 Å². The molecule has 27 heavy (non-hydrogen) atoms. The lowest BCUT2D eigenvalue weighted by Crippen LogP contribution is -2.51. The highest BCUT2D eigenvalue weighted by Gasteiger charge is 2.29. The van der Waals surface area contributed by atoms with E-state index in [1.165, 1.54) is 0 Å². The van der Waals surface area contributed by atoms with Crippen molar-refractivity contribution in [1.29, 1.82) is 0 Å². The second-order valence-corrected chi connectivity index (χ2v) is 7.67. The van der Waals surface area contributed by atoms with Crippen LogP contribution in [0.1, 0.15) is 64.7 Å². The minimum absolute atomic E-state index is 0. The summed E-state index contributed by atoms with van der Waals surface area (Å²) in [6, 6.07) is -0.124. The van der Waals surface area contributed by atoms with Crippen LogP contribution >= 0.6 is 12.4 Å². The van der Waals surface area contributed by atoms with Gasteiger partial charge in [-0.25, -0.2) is 0 Å². The van der Waals surface area contributed by atoms with Gasteiger partial charge in [0, 0.05) is 50.5 Å². The van der Waals surface area contributed by atoms with Crippen LogP contribution in [0.3, 0.4) is 0 Å². The van der Waals surface area contributed by atoms with Gasteiger partial charge in [0.25, 0.3) is 0 Å². The summed E-state index contributed by atoms with van der Waals surface area (Å²) in [5.74, 6) is 0.199. The molecule has 1 saturated heterocycles. The number of carbonyl (C=O) groups is 3. The van der Waals surface area contributed by atoms with Crippen molar-refractivity contribution in [2.75, 3.05) is 19.6 Å². The van der Waals surface area contributed by atoms with E-state index >= 15 is 0 Å². The number of nitrogens with one attached hydrogen (secondary N) is 2. The van der Waals surface area contributed by atoms with Gasteiger partial charge in [-0.15, -0.1) is 12.4 Å². The first-order valence-electron chi connectivity index (χ1n) is 10.1. The van der Waals surface area contributed by atoms with E-state index in [1.54, 1.807) is 0 Å². The van der Waals surface area contributed by atoms with Crippen LogP contribution in [0, 0.1) is 5.92 Å². The molecule has 4 N–H and O–H groups in total. The van der Waals surface area contributed by atoms with E-state index in [9.17, 15) is 14.4 Å². The number of halogens is 1. The Morgan fingerprint density at radius 1 is 1.11 bits per heavy atom. The molecule has 8 heteroatoms.